The van der Waals surface area contributed by atoms with Crippen LogP contribution >= 0.6 is 0 Å². The molecule has 0 aromatic heterocycles. The van der Waals surface area contributed by atoms with E-state index in [1.54, 1.807) is 0 Å². The van der Waals surface area contributed by atoms with Crippen molar-refractivity contribution < 1.29 is 13.0 Å². The van der Waals surface area contributed by atoms with Crippen LogP contribution in [0.25, 0.3) is 0 Å². The van der Waals surface area contributed by atoms with Gasteiger partial charge in [-0.3, -0.25) is 4.55 Å². The monoisotopic (exact) mass is 528 g/mol. The number of hydrogen-bond donors (Lipinski definition) is 1. The maximum atomic E-state index is 12.8. The highest BCUT2D eigenvalue weighted by molar-refractivity contribution is 7.86. The molecule has 0 spiro atoms. The molecule has 0 aliphatic rings. The lowest BCUT2D eigenvalue weighted by Gasteiger charge is -2.21. The fourth-order valence-corrected chi connectivity index (χ4v) is 6.52. The zero-order chi connectivity index (χ0) is 26.8. The average Bonchev–Trinajstić information content (AvgIpc) is 2.88. The van der Waals surface area contributed by atoms with Crippen LogP contribution in [-0.4, -0.2) is 13.0 Å². The lowest BCUT2D eigenvalue weighted by atomic mass is 9.91. The SMILES string of the molecule is CCCCCCCCCCCCc1ccccc1C(c1ccccc1CCCCCCCC)S(=O)(=O)O. The van der Waals surface area contributed by atoms with Gasteiger partial charge in [0, 0.05) is 0 Å². The molecule has 2 aromatic carbocycles. The Labute approximate surface area is 228 Å². The van der Waals surface area contributed by atoms with Crippen LogP contribution in [0.5, 0.6) is 0 Å². The van der Waals surface area contributed by atoms with Crippen molar-refractivity contribution in [2.45, 2.75) is 135 Å². The Morgan fingerprint density at radius 2 is 0.865 bits per heavy atom. The molecule has 37 heavy (non-hydrogen) atoms. The zero-order valence-corrected chi connectivity index (χ0v) is 24.4. The summed E-state index contributed by atoms with van der Waals surface area (Å²) in [5, 5.41) is -1.02. The molecule has 0 aliphatic carbocycles. The molecule has 1 atom stereocenters. The van der Waals surface area contributed by atoms with Crippen molar-refractivity contribution in [2.24, 2.45) is 0 Å². The van der Waals surface area contributed by atoms with Gasteiger partial charge in [0.15, 0.2) is 0 Å². The average molecular weight is 529 g/mol. The molecule has 3 nitrogen and oxygen atoms in total. The summed E-state index contributed by atoms with van der Waals surface area (Å²) in [5.41, 5.74) is 3.54. The van der Waals surface area contributed by atoms with Gasteiger partial charge in [0.2, 0.25) is 0 Å². The predicted octanol–water partition coefficient (Wildman–Crippen LogP) is 10.0. The Bertz CT molecular complexity index is 967. The van der Waals surface area contributed by atoms with Gasteiger partial charge in [0.25, 0.3) is 10.1 Å². The fraction of sp³-hybridized carbons (Fsp3) is 0.636. The molecule has 4 heteroatoms. The van der Waals surface area contributed by atoms with E-state index in [4.69, 9.17) is 0 Å². The second kappa shape index (κ2) is 18.6. The summed E-state index contributed by atoms with van der Waals surface area (Å²) >= 11 is 0. The number of hydrogen-bond acceptors (Lipinski definition) is 2. The third-order valence-corrected chi connectivity index (χ3v) is 8.68. The predicted molar refractivity (Wildman–Crippen MR) is 159 cm³/mol. The summed E-state index contributed by atoms with van der Waals surface area (Å²) in [4.78, 5) is 0. The summed E-state index contributed by atoms with van der Waals surface area (Å²) in [7, 11) is -4.31. The first-order chi connectivity index (χ1) is 18.0. The van der Waals surface area contributed by atoms with E-state index in [1.807, 2.05) is 48.5 Å². The normalized spacial score (nSPS) is 12.6. The van der Waals surface area contributed by atoms with Crippen LogP contribution in [0.15, 0.2) is 48.5 Å². The van der Waals surface area contributed by atoms with Gasteiger partial charge >= 0.3 is 0 Å². The lowest BCUT2D eigenvalue weighted by molar-refractivity contribution is 0.474. The molecule has 0 aliphatic heterocycles. The van der Waals surface area contributed by atoms with E-state index in [0.717, 1.165) is 60.8 Å². The second-order valence-electron chi connectivity index (χ2n) is 10.7. The molecule has 1 unspecified atom stereocenters. The number of benzene rings is 2. The molecule has 0 amide bonds. The van der Waals surface area contributed by atoms with Crippen LogP contribution in [0.1, 0.15) is 144 Å². The number of rotatable bonds is 21. The first-order valence-electron chi connectivity index (χ1n) is 15.1. The lowest BCUT2D eigenvalue weighted by Crippen LogP contribution is -2.17. The summed E-state index contributed by atoms with van der Waals surface area (Å²) in [6, 6.07) is 15.6. The fourth-order valence-electron chi connectivity index (χ4n) is 5.42. The molecule has 2 aromatic rings. The Kier molecular flexibility index (Phi) is 15.8. The topological polar surface area (TPSA) is 54.4 Å². The molecular weight excluding hydrogens is 476 g/mol. The van der Waals surface area contributed by atoms with Crippen LogP contribution in [0, 0.1) is 0 Å². The zero-order valence-electron chi connectivity index (χ0n) is 23.6. The van der Waals surface area contributed by atoms with Crippen molar-refractivity contribution in [1.82, 2.24) is 0 Å². The maximum Gasteiger partial charge on any atom is 0.276 e. The molecule has 2 rings (SSSR count). The minimum absolute atomic E-state index is 0.731. The van der Waals surface area contributed by atoms with Crippen LogP contribution in [-0.2, 0) is 23.0 Å². The number of aryl methyl sites for hydroxylation is 2. The Balaban J connectivity index is 2.02. The van der Waals surface area contributed by atoms with Crippen LogP contribution in [0.4, 0.5) is 0 Å². The number of unbranched alkanes of at least 4 members (excludes halogenated alkanes) is 14. The van der Waals surface area contributed by atoms with Gasteiger partial charge in [-0.05, 0) is 47.9 Å². The summed E-state index contributed by atoms with van der Waals surface area (Å²) in [5.74, 6) is 0. The van der Waals surface area contributed by atoms with Gasteiger partial charge in [0.1, 0.15) is 5.25 Å². The van der Waals surface area contributed by atoms with Crippen molar-refractivity contribution >= 4 is 10.1 Å². The standard InChI is InChI=1S/C33H52O3S/c1-3-5-7-9-11-12-13-14-16-18-24-30-26-20-22-28-32(30)33(37(34,35)36)31-27-21-19-25-29(31)23-17-15-10-8-6-4-2/h19-22,25-28,33H,3-18,23-24H2,1-2H3,(H,34,35,36). The van der Waals surface area contributed by atoms with Crippen molar-refractivity contribution in [1.29, 1.82) is 0 Å². The first-order valence-corrected chi connectivity index (χ1v) is 16.6. The van der Waals surface area contributed by atoms with E-state index in [2.05, 4.69) is 13.8 Å². The van der Waals surface area contributed by atoms with E-state index >= 15 is 0 Å². The van der Waals surface area contributed by atoms with Gasteiger partial charge in [0.05, 0.1) is 0 Å². The van der Waals surface area contributed by atoms with Crippen molar-refractivity contribution in [2.75, 3.05) is 0 Å². The Morgan fingerprint density at radius 3 is 1.22 bits per heavy atom. The van der Waals surface area contributed by atoms with Gasteiger partial charge in [-0.2, -0.15) is 8.42 Å². The maximum absolute atomic E-state index is 12.8. The van der Waals surface area contributed by atoms with Gasteiger partial charge in [-0.25, -0.2) is 0 Å². The molecule has 0 radical (unpaired) electrons. The molecule has 0 saturated heterocycles. The van der Waals surface area contributed by atoms with E-state index in [9.17, 15) is 13.0 Å². The van der Waals surface area contributed by atoms with E-state index in [0.29, 0.717) is 0 Å². The Hall–Kier alpha value is -1.65. The molecular formula is C33H52O3S. The van der Waals surface area contributed by atoms with Gasteiger partial charge < -0.3 is 0 Å². The minimum Gasteiger partial charge on any atom is -0.285 e. The van der Waals surface area contributed by atoms with Gasteiger partial charge in [-0.1, -0.05) is 152 Å². The third kappa shape index (κ3) is 12.2. The quantitative estimate of drug-likeness (QED) is 0.129. The molecule has 0 saturated carbocycles. The van der Waals surface area contributed by atoms with E-state index in [1.165, 1.54) is 77.0 Å². The highest BCUT2D eigenvalue weighted by Crippen LogP contribution is 2.35. The van der Waals surface area contributed by atoms with Crippen molar-refractivity contribution in [3.63, 3.8) is 0 Å². The van der Waals surface area contributed by atoms with Crippen LogP contribution in [0.3, 0.4) is 0 Å². The highest BCUT2D eigenvalue weighted by atomic mass is 32.2. The van der Waals surface area contributed by atoms with E-state index < -0.39 is 15.4 Å². The van der Waals surface area contributed by atoms with Crippen LogP contribution < -0.4 is 0 Å². The second-order valence-corrected chi connectivity index (χ2v) is 12.2. The minimum atomic E-state index is -4.31. The molecule has 0 fully saturated rings. The van der Waals surface area contributed by atoms with E-state index in [-0.39, 0.29) is 0 Å². The molecule has 0 bridgehead atoms. The molecule has 0 heterocycles. The van der Waals surface area contributed by atoms with Crippen molar-refractivity contribution in [3.05, 3.63) is 70.8 Å². The molecule has 1 N–H and O–H groups in total. The first kappa shape index (κ1) is 31.6. The summed E-state index contributed by atoms with van der Waals surface area (Å²) < 4.78 is 36.0. The highest BCUT2D eigenvalue weighted by Gasteiger charge is 2.30. The summed E-state index contributed by atoms with van der Waals surface area (Å²) in [6.07, 6.45) is 21.6. The summed E-state index contributed by atoms with van der Waals surface area (Å²) in [6.45, 7) is 4.48. The Morgan fingerprint density at radius 1 is 0.541 bits per heavy atom. The third-order valence-electron chi connectivity index (χ3n) is 7.57. The van der Waals surface area contributed by atoms with Crippen molar-refractivity contribution in [3.8, 4) is 0 Å². The molecule has 208 valence electrons. The van der Waals surface area contributed by atoms with Crippen LogP contribution in [0.2, 0.25) is 0 Å². The smallest absolute Gasteiger partial charge is 0.276 e. The van der Waals surface area contributed by atoms with Gasteiger partial charge in [-0.15, -0.1) is 0 Å². The largest absolute Gasteiger partial charge is 0.285 e.